The van der Waals surface area contributed by atoms with Gasteiger partial charge in [-0.1, -0.05) is 0 Å². The van der Waals surface area contributed by atoms with Crippen LogP contribution in [0.4, 0.5) is 0 Å². The SMILES string of the molecule is CC(C)N1CCN(CC2(C(=O)O)CCOCC2)CC1. The van der Waals surface area contributed by atoms with Crippen molar-refractivity contribution in [3.8, 4) is 0 Å². The molecule has 5 nitrogen and oxygen atoms in total. The third kappa shape index (κ3) is 3.46. The Bertz CT molecular complexity index is 306. The summed E-state index contributed by atoms with van der Waals surface area (Å²) in [5.41, 5.74) is -0.585. The van der Waals surface area contributed by atoms with E-state index < -0.39 is 11.4 Å². The Morgan fingerprint density at radius 2 is 1.79 bits per heavy atom. The summed E-state index contributed by atoms with van der Waals surface area (Å²) < 4.78 is 5.32. The number of aliphatic carboxylic acids is 1. The van der Waals surface area contributed by atoms with Crippen LogP contribution in [-0.4, -0.2) is 72.9 Å². The molecule has 2 aliphatic heterocycles. The van der Waals surface area contributed by atoms with E-state index >= 15 is 0 Å². The molecule has 0 aromatic heterocycles. The molecule has 5 heteroatoms. The number of hydrogen-bond donors (Lipinski definition) is 1. The van der Waals surface area contributed by atoms with Crippen molar-refractivity contribution in [1.82, 2.24) is 9.80 Å². The highest BCUT2D eigenvalue weighted by Crippen LogP contribution is 2.32. The smallest absolute Gasteiger partial charge is 0.311 e. The van der Waals surface area contributed by atoms with Crippen molar-refractivity contribution < 1.29 is 14.6 Å². The van der Waals surface area contributed by atoms with Crippen molar-refractivity contribution in [3.05, 3.63) is 0 Å². The molecule has 2 fully saturated rings. The van der Waals surface area contributed by atoms with Crippen LogP contribution in [0, 0.1) is 5.41 Å². The van der Waals surface area contributed by atoms with Gasteiger partial charge in [-0.25, -0.2) is 0 Å². The number of hydrogen-bond acceptors (Lipinski definition) is 4. The van der Waals surface area contributed by atoms with Crippen molar-refractivity contribution in [3.63, 3.8) is 0 Å². The van der Waals surface area contributed by atoms with Crippen LogP contribution in [-0.2, 0) is 9.53 Å². The first-order valence-electron chi connectivity index (χ1n) is 7.31. The van der Waals surface area contributed by atoms with Gasteiger partial charge in [0.25, 0.3) is 0 Å². The Kier molecular flexibility index (Phi) is 4.81. The largest absolute Gasteiger partial charge is 0.481 e. The van der Waals surface area contributed by atoms with Crippen LogP contribution < -0.4 is 0 Å². The number of nitrogens with zero attached hydrogens (tertiary/aromatic N) is 2. The van der Waals surface area contributed by atoms with E-state index in [9.17, 15) is 9.90 Å². The summed E-state index contributed by atoms with van der Waals surface area (Å²) in [6.07, 6.45) is 1.29. The molecule has 0 amide bonds. The number of carbonyl (C=O) groups is 1. The molecule has 0 unspecified atom stereocenters. The lowest BCUT2D eigenvalue weighted by Gasteiger charge is -2.42. The second-order valence-electron chi connectivity index (χ2n) is 6.10. The summed E-state index contributed by atoms with van der Waals surface area (Å²) in [6.45, 7) is 10.3. The molecular weight excluding hydrogens is 244 g/mol. The Labute approximate surface area is 115 Å². The van der Waals surface area contributed by atoms with Crippen LogP contribution in [0.3, 0.4) is 0 Å². The Morgan fingerprint density at radius 1 is 1.21 bits per heavy atom. The normalized spacial score (nSPS) is 25.6. The van der Waals surface area contributed by atoms with E-state index in [1.54, 1.807) is 0 Å². The molecule has 2 saturated heterocycles. The molecule has 2 rings (SSSR count). The molecule has 1 N–H and O–H groups in total. The van der Waals surface area contributed by atoms with E-state index in [1.807, 2.05) is 0 Å². The second kappa shape index (κ2) is 6.20. The zero-order valence-electron chi connectivity index (χ0n) is 12.1. The van der Waals surface area contributed by atoms with E-state index in [2.05, 4.69) is 23.6 Å². The molecule has 19 heavy (non-hydrogen) atoms. The van der Waals surface area contributed by atoms with Gasteiger partial charge in [0.2, 0.25) is 0 Å². The van der Waals surface area contributed by atoms with Gasteiger partial charge in [-0.05, 0) is 26.7 Å². The molecule has 0 atom stereocenters. The van der Waals surface area contributed by atoms with Gasteiger partial charge in [-0.15, -0.1) is 0 Å². The van der Waals surface area contributed by atoms with Gasteiger partial charge >= 0.3 is 5.97 Å². The maximum Gasteiger partial charge on any atom is 0.311 e. The molecule has 0 aliphatic carbocycles. The van der Waals surface area contributed by atoms with Gasteiger partial charge in [-0.2, -0.15) is 0 Å². The van der Waals surface area contributed by atoms with Gasteiger partial charge in [0.05, 0.1) is 5.41 Å². The first-order valence-corrected chi connectivity index (χ1v) is 7.31. The van der Waals surface area contributed by atoms with Crippen LogP contribution >= 0.6 is 0 Å². The topological polar surface area (TPSA) is 53.0 Å². The van der Waals surface area contributed by atoms with E-state index in [4.69, 9.17) is 4.74 Å². The Balaban J connectivity index is 1.90. The summed E-state index contributed by atoms with van der Waals surface area (Å²) in [7, 11) is 0. The average Bonchev–Trinajstić information content (AvgIpc) is 2.40. The van der Waals surface area contributed by atoms with Gasteiger partial charge in [-0.3, -0.25) is 14.6 Å². The van der Waals surface area contributed by atoms with Crippen LogP contribution in [0.1, 0.15) is 26.7 Å². The maximum atomic E-state index is 11.6. The molecule has 0 aromatic rings. The Morgan fingerprint density at radius 3 is 2.26 bits per heavy atom. The molecule has 2 heterocycles. The van der Waals surface area contributed by atoms with E-state index in [-0.39, 0.29) is 0 Å². The van der Waals surface area contributed by atoms with Crippen LogP contribution in [0.5, 0.6) is 0 Å². The van der Waals surface area contributed by atoms with Crippen molar-refractivity contribution in [2.45, 2.75) is 32.7 Å². The van der Waals surface area contributed by atoms with Crippen LogP contribution in [0.2, 0.25) is 0 Å². The van der Waals surface area contributed by atoms with E-state index in [0.717, 1.165) is 26.2 Å². The lowest BCUT2D eigenvalue weighted by Crippen LogP contribution is -2.54. The van der Waals surface area contributed by atoms with Crippen LogP contribution in [0.25, 0.3) is 0 Å². The number of rotatable bonds is 4. The molecule has 2 aliphatic rings. The lowest BCUT2D eigenvalue weighted by atomic mass is 9.79. The summed E-state index contributed by atoms with van der Waals surface area (Å²) in [5, 5.41) is 9.57. The molecule has 0 spiro atoms. The first-order chi connectivity index (χ1) is 9.03. The number of carboxylic acids is 1. The monoisotopic (exact) mass is 270 g/mol. The van der Waals surface area contributed by atoms with Crippen molar-refractivity contribution >= 4 is 5.97 Å². The standard InChI is InChI=1S/C14H26N2O3/c1-12(2)16-7-5-15(6-8-16)11-14(13(17)18)3-9-19-10-4-14/h12H,3-11H2,1-2H3,(H,17,18). The van der Waals surface area contributed by atoms with Gasteiger partial charge in [0.15, 0.2) is 0 Å². The minimum atomic E-state index is -0.651. The molecule has 110 valence electrons. The fourth-order valence-corrected chi connectivity index (χ4v) is 3.07. The molecule has 0 bridgehead atoms. The summed E-state index contributed by atoms with van der Waals surface area (Å²) >= 11 is 0. The summed E-state index contributed by atoms with van der Waals surface area (Å²) in [5.74, 6) is -0.651. The molecule has 0 radical (unpaired) electrons. The third-order valence-corrected chi connectivity index (χ3v) is 4.57. The molecule has 0 saturated carbocycles. The third-order valence-electron chi connectivity index (χ3n) is 4.57. The van der Waals surface area contributed by atoms with Crippen LogP contribution in [0.15, 0.2) is 0 Å². The average molecular weight is 270 g/mol. The lowest BCUT2D eigenvalue weighted by molar-refractivity contribution is -0.157. The van der Waals surface area contributed by atoms with E-state index in [0.29, 0.717) is 38.6 Å². The van der Waals surface area contributed by atoms with Crippen molar-refractivity contribution in [2.75, 3.05) is 45.9 Å². The number of carboxylic acid groups (broad SMARTS) is 1. The summed E-state index contributed by atoms with van der Waals surface area (Å²) in [4.78, 5) is 16.4. The minimum absolute atomic E-state index is 0.582. The van der Waals surface area contributed by atoms with E-state index in [1.165, 1.54) is 0 Å². The van der Waals surface area contributed by atoms with Gasteiger partial charge in [0.1, 0.15) is 0 Å². The fraction of sp³-hybridized carbons (Fsp3) is 0.929. The highest BCUT2D eigenvalue weighted by molar-refractivity contribution is 5.75. The quantitative estimate of drug-likeness (QED) is 0.822. The van der Waals surface area contributed by atoms with Crippen molar-refractivity contribution in [1.29, 1.82) is 0 Å². The molecule has 0 aromatic carbocycles. The highest BCUT2D eigenvalue weighted by Gasteiger charge is 2.42. The highest BCUT2D eigenvalue weighted by atomic mass is 16.5. The van der Waals surface area contributed by atoms with Crippen molar-refractivity contribution in [2.24, 2.45) is 5.41 Å². The molecular formula is C14H26N2O3. The fourth-order valence-electron chi connectivity index (χ4n) is 3.07. The zero-order chi connectivity index (χ0) is 13.9. The zero-order valence-corrected chi connectivity index (χ0v) is 12.1. The van der Waals surface area contributed by atoms with Gasteiger partial charge in [0, 0.05) is 52.0 Å². The second-order valence-corrected chi connectivity index (χ2v) is 6.10. The first kappa shape index (κ1) is 14.8. The van der Waals surface area contributed by atoms with Gasteiger partial charge < -0.3 is 9.84 Å². The Hall–Kier alpha value is -0.650. The maximum absolute atomic E-state index is 11.6. The predicted octanol–water partition coefficient (Wildman–Crippen LogP) is 0.894. The number of piperazine rings is 1. The summed E-state index contributed by atoms with van der Waals surface area (Å²) in [6, 6.07) is 0.582. The minimum Gasteiger partial charge on any atom is -0.481 e. The predicted molar refractivity (Wildman–Crippen MR) is 73.3 cm³/mol. The number of ether oxygens (including phenoxy) is 1.